The van der Waals surface area contributed by atoms with Crippen LogP contribution < -0.4 is 4.90 Å². The highest BCUT2D eigenvalue weighted by atomic mass is 35.5. The van der Waals surface area contributed by atoms with Crippen molar-refractivity contribution in [2.24, 2.45) is 5.92 Å². The third kappa shape index (κ3) is 3.24. The summed E-state index contributed by atoms with van der Waals surface area (Å²) in [7, 11) is 0. The van der Waals surface area contributed by atoms with Gasteiger partial charge in [-0.15, -0.1) is 0 Å². The summed E-state index contributed by atoms with van der Waals surface area (Å²) in [4.78, 5) is 31.0. The van der Waals surface area contributed by atoms with E-state index in [0.29, 0.717) is 17.3 Å². The number of pyridine rings is 1. The maximum Gasteiger partial charge on any atom is 0.238 e. The van der Waals surface area contributed by atoms with E-state index in [9.17, 15) is 9.59 Å². The topological polar surface area (TPSA) is 68.1 Å². The van der Waals surface area contributed by atoms with Gasteiger partial charge in [-0.1, -0.05) is 23.7 Å². The van der Waals surface area contributed by atoms with Crippen LogP contribution in [0.2, 0.25) is 5.02 Å². The predicted molar refractivity (Wildman–Crippen MR) is 102 cm³/mol. The largest absolute Gasteiger partial charge is 0.274 e. The summed E-state index contributed by atoms with van der Waals surface area (Å²) in [5, 5.41) is 4.99. The zero-order valence-corrected chi connectivity index (χ0v) is 15.4. The number of rotatable bonds is 4. The molecule has 0 N–H and O–H groups in total. The molecule has 3 heterocycles. The molecular weight excluding hydrogens is 364 g/mol. The van der Waals surface area contributed by atoms with Gasteiger partial charge in [-0.3, -0.25) is 14.6 Å². The van der Waals surface area contributed by atoms with E-state index in [-0.39, 0.29) is 24.2 Å². The number of aryl methyl sites for hydroxylation is 1. The first-order valence-electron chi connectivity index (χ1n) is 8.61. The standard InChI is InChI=1S/C20H17ClN4O2/c1-13-12-23-25(17-6-8-22-9-7-17)19(13)24-18(26)11-15(20(24)27)10-14-2-4-16(21)5-3-14/h2-9,12,15H,10-11H2,1H3. The first kappa shape index (κ1) is 17.4. The Kier molecular flexibility index (Phi) is 4.49. The van der Waals surface area contributed by atoms with Crippen molar-refractivity contribution >= 4 is 29.2 Å². The first-order valence-corrected chi connectivity index (χ1v) is 8.98. The molecule has 1 aromatic carbocycles. The molecule has 136 valence electrons. The Bertz CT molecular complexity index is 999. The van der Waals surface area contributed by atoms with Crippen molar-refractivity contribution in [3.05, 3.63) is 71.1 Å². The number of anilines is 1. The number of amides is 2. The van der Waals surface area contributed by atoms with Gasteiger partial charge in [-0.25, -0.2) is 9.58 Å². The Balaban J connectivity index is 1.65. The first-order chi connectivity index (χ1) is 13.0. The molecule has 2 amide bonds. The van der Waals surface area contributed by atoms with E-state index in [1.807, 2.05) is 19.1 Å². The van der Waals surface area contributed by atoms with Crippen LogP contribution in [0.25, 0.3) is 5.69 Å². The van der Waals surface area contributed by atoms with E-state index in [0.717, 1.165) is 16.8 Å². The van der Waals surface area contributed by atoms with Crippen molar-refractivity contribution in [2.75, 3.05) is 4.90 Å². The Morgan fingerprint density at radius 2 is 1.81 bits per heavy atom. The van der Waals surface area contributed by atoms with Gasteiger partial charge in [0.1, 0.15) is 5.82 Å². The number of carbonyl (C=O) groups excluding carboxylic acids is 2. The van der Waals surface area contributed by atoms with E-state index in [2.05, 4.69) is 10.1 Å². The third-order valence-corrected chi connectivity index (χ3v) is 4.93. The van der Waals surface area contributed by atoms with E-state index in [1.165, 1.54) is 4.90 Å². The van der Waals surface area contributed by atoms with Gasteiger partial charge in [0.15, 0.2) is 0 Å². The van der Waals surface area contributed by atoms with Gasteiger partial charge < -0.3 is 0 Å². The molecule has 6 nitrogen and oxygen atoms in total. The van der Waals surface area contributed by atoms with Crippen molar-refractivity contribution in [1.82, 2.24) is 14.8 Å². The SMILES string of the molecule is Cc1cnn(-c2ccncc2)c1N1C(=O)CC(Cc2ccc(Cl)cc2)C1=O. The van der Waals surface area contributed by atoms with Crippen LogP contribution in [0.5, 0.6) is 0 Å². The molecule has 1 unspecified atom stereocenters. The zero-order valence-electron chi connectivity index (χ0n) is 14.7. The van der Waals surface area contributed by atoms with Crippen LogP contribution in [-0.2, 0) is 16.0 Å². The van der Waals surface area contributed by atoms with Gasteiger partial charge >= 0.3 is 0 Å². The number of nitrogens with zero attached hydrogens (tertiary/aromatic N) is 4. The average molecular weight is 381 g/mol. The maximum absolute atomic E-state index is 13.0. The summed E-state index contributed by atoms with van der Waals surface area (Å²) in [5.41, 5.74) is 2.49. The van der Waals surface area contributed by atoms with Crippen LogP contribution in [0, 0.1) is 12.8 Å². The Morgan fingerprint density at radius 3 is 2.52 bits per heavy atom. The lowest BCUT2D eigenvalue weighted by molar-refractivity contribution is -0.122. The summed E-state index contributed by atoms with van der Waals surface area (Å²) < 4.78 is 1.61. The Morgan fingerprint density at radius 1 is 1.11 bits per heavy atom. The predicted octanol–water partition coefficient (Wildman–Crippen LogP) is 3.35. The molecule has 4 rings (SSSR count). The number of halogens is 1. The minimum atomic E-state index is -0.390. The van der Waals surface area contributed by atoms with Gasteiger partial charge in [0.05, 0.1) is 17.8 Å². The quantitative estimate of drug-likeness (QED) is 0.651. The maximum atomic E-state index is 13.0. The van der Waals surface area contributed by atoms with Crippen molar-refractivity contribution in [1.29, 1.82) is 0 Å². The van der Waals surface area contributed by atoms with Crippen LogP contribution in [0.1, 0.15) is 17.5 Å². The van der Waals surface area contributed by atoms with Gasteiger partial charge in [0, 0.05) is 29.4 Å². The molecule has 1 saturated heterocycles. The summed E-state index contributed by atoms with van der Waals surface area (Å²) in [6.45, 7) is 1.84. The van der Waals surface area contributed by atoms with E-state index < -0.39 is 0 Å². The lowest BCUT2D eigenvalue weighted by atomic mass is 9.98. The average Bonchev–Trinajstić information content (AvgIpc) is 3.17. The van der Waals surface area contributed by atoms with Gasteiger partial charge in [0.2, 0.25) is 11.8 Å². The molecule has 1 atom stereocenters. The third-order valence-electron chi connectivity index (χ3n) is 4.67. The van der Waals surface area contributed by atoms with Gasteiger partial charge in [-0.2, -0.15) is 5.10 Å². The van der Waals surface area contributed by atoms with Crippen molar-refractivity contribution in [3.8, 4) is 5.69 Å². The number of aromatic nitrogens is 3. The van der Waals surface area contributed by atoms with E-state index in [1.54, 1.807) is 47.5 Å². The summed E-state index contributed by atoms with van der Waals surface area (Å²) in [6, 6.07) is 10.9. The van der Waals surface area contributed by atoms with Crippen LogP contribution in [0.3, 0.4) is 0 Å². The summed E-state index contributed by atoms with van der Waals surface area (Å²) in [5.74, 6) is -0.305. The van der Waals surface area contributed by atoms with Gasteiger partial charge in [0.25, 0.3) is 0 Å². The van der Waals surface area contributed by atoms with Crippen molar-refractivity contribution in [3.63, 3.8) is 0 Å². The number of carbonyl (C=O) groups is 2. The number of benzene rings is 1. The Labute approximate surface area is 161 Å². The highest BCUT2D eigenvalue weighted by molar-refractivity contribution is 6.30. The Hall–Kier alpha value is -2.99. The highest BCUT2D eigenvalue weighted by Crippen LogP contribution is 2.32. The van der Waals surface area contributed by atoms with Crippen LogP contribution in [0.4, 0.5) is 5.82 Å². The fourth-order valence-electron chi connectivity index (χ4n) is 3.35. The molecule has 0 aliphatic carbocycles. The molecule has 1 aliphatic heterocycles. The summed E-state index contributed by atoms with van der Waals surface area (Å²) >= 11 is 5.92. The fraction of sp³-hybridized carbons (Fsp3) is 0.200. The minimum absolute atomic E-state index is 0.183. The second-order valence-corrected chi connectivity index (χ2v) is 7.00. The normalized spacial score (nSPS) is 17.0. The van der Waals surface area contributed by atoms with Crippen molar-refractivity contribution in [2.45, 2.75) is 19.8 Å². The molecule has 2 aromatic heterocycles. The smallest absolute Gasteiger partial charge is 0.238 e. The van der Waals surface area contributed by atoms with E-state index in [4.69, 9.17) is 11.6 Å². The lowest BCUT2D eigenvalue weighted by Gasteiger charge is -2.18. The minimum Gasteiger partial charge on any atom is -0.274 e. The van der Waals surface area contributed by atoms with Crippen molar-refractivity contribution < 1.29 is 9.59 Å². The zero-order chi connectivity index (χ0) is 19.0. The molecule has 3 aromatic rings. The fourth-order valence-corrected chi connectivity index (χ4v) is 3.48. The molecule has 0 radical (unpaired) electrons. The molecule has 1 aliphatic rings. The number of imide groups is 1. The number of hydrogen-bond donors (Lipinski definition) is 0. The molecule has 0 spiro atoms. The van der Waals surface area contributed by atoms with Crippen LogP contribution in [0.15, 0.2) is 55.0 Å². The van der Waals surface area contributed by atoms with E-state index >= 15 is 0 Å². The highest BCUT2D eigenvalue weighted by Gasteiger charge is 2.41. The molecule has 7 heteroatoms. The van der Waals surface area contributed by atoms with Crippen LogP contribution >= 0.6 is 11.6 Å². The molecule has 27 heavy (non-hydrogen) atoms. The van der Waals surface area contributed by atoms with Crippen LogP contribution in [-0.4, -0.2) is 26.6 Å². The summed E-state index contributed by atoms with van der Waals surface area (Å²) in [6.07, 6.45) is 5.63. The second-order valence-electron chi connectivity index (χ2n) is 6.57. The second kappa shape index (κ2) is 6.96. The monoisotopic (exact) mass is 380 g/mol. The molecule has 0 saturated carbocycles. The molecule has 0 bridgehead atoms. The molecular formula is C20H17ClN4O2. The van der Waals surface area contributed by atoms with Gasteiger partial charge in [-0.05, 0) is 43.2 Å². The number of hydrogen-bond acceptors (Lipinski definition) is 4. The lowest BCUT2D eigenvalue weighted by Crippen LogP contribution is -2.33. The molecule has 1 fully saturated rings.